The number of nitrogens with one attached hydrogen (secondary N) is 1. The molecule has 0 unspecified atom stereocenters. The maximum absolute atomic E-state index is 12.8. The van der Waals surface area contributed by atoms with E-state index >= 15 is 0 Å². The van der Waals surface area contributed by atoms with Crippen LogP contribution in [0.5, 0.6) is 0 Å². The first kappa shape index (κ1) is 16.9. The molecule has 0 radical (unpaired) electrons. The van der Waals surface area contributed by atoms with E-state index in [9.17, 15) is 4.79 Å². The number of carbonyl (C=O) groups is 1. The van der Waals surface area contributed by atoms with Crippen LogP contribution in [0.4, 0.5) is 5.95 Å². The molecule has 1 amide bonds. The van der Waals surface area contributed by atoms with Gasteiger partial charge < -0.3 is 10.2 Å². The molecule has 0 aliphatic rings. The molecule has 1 aromatic heterocycles. The Hall–Kier alpha value is -2.43. The van der Waals surface area contributed by atoms with Crippen LogP contribution in [0.3, 0.4) is 0 Å². The molecule has 5 nitrogen and oxygen atoms in total. The number of carbonyl (C=O) groups excluding carboxylic acids is 1. The van der Waals surface area contributed by atoms with Gasteiger partial charge in [0.25, 0.3) is 5.91 Å². The van der Waals surface area contributed by atoms with Gasteiger partial charge in [-0.1, -0.05) is 37.3 Å². The van der Waals surface area contributed by atoms with Crippen molar-refractivity contribution >= 4 is 11.9 Å². The van der Waals surface area contributed by atoms with Crippen molar-refractivity contribution in [3.8, 4) is 0 Å². The summed E-state index contributed by atoms with van der Waals surface area (Å²) in [4.78, 5) is 23.1. The zero-order valence-corrected chi connectivity index (χ0v) is 14.0. The molecule has 0 fully saturated rings. The first-order valence-corrected chi connectivity index (χ1v) is 8.03. The summed E-state index contributed by atoms with van der Waals surface area (Å²) in [5.74, 6) is 0.423. The summed E-state index contributed by atoms with van der Waals surface area (Å²) in [6.45, 7) is 7.45. The van der Waals surface area contributed by atoms with Gasteiger partial charge in [-0.25, -0.2) is 9.97 Å². The largest absolute Gasteiger partial charge is 0.354 e. The van der Waals surface area contributed by atoms with E-state index < -0.39 is 0 Å². The lowest BCUT2D eigenvalue weighted by molar-refractivity contribution is 0.0684. The molecule has 0 spiro atoms. The van der Waals surface area contributed by atoms with Crippen LogP contribution in [-0.4, -0.2) is 33.4 Å². The number of benzene rings is 1. The van der Waals surface area contributed by atoms with Crippen LogP contribution in [0.25, 0.3) is 0 Å². The van der Waals surface area contributed by atoms with Crippen LogP contribution in [0.15, 0.2) is 42.6 Å². The van der Waals surface area contributed by atoms with Crippen molar-refractivity contribution in [1.82, 2.24) is 14.9 Å². The second-order valence-corrected chi connectivity index (χ2v) is 5.70. The zero-order chi connectivity index (χ0) is 16.7. The quantitative estimate of drug-likeness (QED) is 0.852. The smallest absolute Gasteiger partial charge is 0.273 e. The van der Waals surface area contributed by atoms with E-state index in [0.717, 1.165) is 18.5 Å². The predicted molar refractivity (Wildman–Crippen MR) is 92.3 cm³/mol. The summed E-state index contributed by atoms with van der Waals surface area (Å²) in [7, 11) is 0. The van der Waals surface area contributed by atoms with E-state index in [1.165, 1.54) is 0 Å². The van der Waals surface area contributed by atoms with Gasteiger partial charge in [-0.3, -0.25) is 4.79 Å². The summed E-state index contributed by atoms with van der Waals surface area (Å²) >= 11 is 0. The van der Waals surface area contributed by atoms with Gasteiger partial charge >= 0.3 is 0 Å². The first-order chi connectivity index (χ1) is 11.1. The fraction of sp³-hybridized carbons (Fsp3) is 0.389. The van der Waals surface area contributed by atoms with Crippen LogP contribution in [0.1, 0.15) is 43.2 Å². The third kappa shape index (κ3) is 4.77. The van der Waals surface area contributed by atoms with Gasteiger partial charge in [0, 0.05) is 25.3 Å². The Bertz CT molecular complexity index is 628. The molecule has 0 aliphatic carbocycles. The lowest BCUT2D eigenvalue weighted by Crippen LogP contribution is -2.37. The molecular formula is C18H24N4O. The second kappa shape index (κ2) is 8.27. The van der Waals surface area contributed by atoms with Crippen molar-refractivity contribution in [2.24, 2.45) is 0 Å². The van der Waals surface area contributed by atoms with E-state index in [2.05, 4.69) is 22.2 Å². The van der Waals surface area contributed by atoms with Crippen molar-refractivity contribution < 1.29 is 4.79 Å². The molecule has 122 valence electrons. The second-order valence-electron chi connectivity index (χ2n) is 5.70. The van der Waals surface area contributed by atoms with Gasteiger partial charge in [0.2, 0.25) is 5.95 Å². The lowest BCUT2D eigenvalue weighted by Gasteiger charge is -2.26. The fourth-order valence-electron chi connectivity index (χ4n) is 2.22. The minimum atomic E-state index is -0.0780. The number of nitrogens with zero attached hydrogens (tertiary/aromatic N) is 3. The van der Waals surface area contributed by atoms with Crippen molar-refractivity contribution in [1.29, 1.82) is 0 Å². The molecule has 1 aromatic carbocycles. The lowest BCUT2D eigenvalue weighted by atomic mass is 10.1. The van der Waals surface area contributed by atoms with Crippen LogP contribution >= 0.6 is 0 Å². The highest BCUT2D eigenvalue weighted by molar-refractivity contribution is 5.92. The van der Waals surface area contributed by atoms with Gasteiger partial charge in [-0.05, 0) is 31.9 Å². The minimum absolute atomic E-state index is 0.0780. The van der Waals surface area contributed by atoms with Gasteiger partial charge in [0.1, 0.15) is 5.69 Å². The van der Waals surface area contributed by atoms with E-state index in [0.29, 0.717) is 18.2 Å². The molecule has 0 aliphatic heterocycles. The van der Waals surface area contributed by atoms with Gasteiger partial charge in [0.15, 0.2) is 0 Å². The van der Waals surface area contributed by atoms with Crippen molar-refractivity contribution in [2.75, 3.05) is 11.9 Å². The maximum atomic E-state index is 12.8. The summed E-state index contributed by atoms with van der Waals surface area (Å²) in [6.07, 6.45) is 2.60. The number of anilines is 1. The summed E-state index contributed by atoms with van der Waals surface area (Å²) < 4.78 is 0. The molecule has 0 bridgehead atoms. The average molecular weight is 312 g/mol. The molecule has 0 saturated carbocycles. The van der Waals surface area contributed by atoms with Crippen molar-refractivity contribution in [2.45, 2.75) is 39.8 Å². The number of rotatable bonds is 7. The summed E-state index contributed by atoms with van der Waals surface area (Å²) in [6, 6.07) is 11.7. The molecule has 2 aromatic rings. The molecule has 2 rings (SSSR count). The van der Waals surface area contributed by atoms with Gasteiger partial charge in [0.05, 0.1) is 0 Å². The molecular weight excluding hydrogens is 288 g/mol. The Morgan fingerprint density at radius 1 is 1.22 bits per heavy atom. The number of aromatic nitrogens is 2. The number of hydrogen-bond acceptors (Lipinski definition) is 4. The maximum Gasteiger partial charge on any atom is 0.273 e. The fourth-order valence-corrected chi connectivity index (χ4v) is 2.22. The highest BCUT2D eigenvalue weighted by Crippen LogP contribution is 2.13. The first-order valence-electron chi connectivity index (χ1n) is 8.03. The van der Waals surface area contributed by atoms with Crippen LogP contribution in [0, 0.1) is 0 Å². The third-order valence-electron chi connectivity index (χ3n) is 3.49. The van der Waals surface area contributed by atoms with Crippen LogP contribution in [0.2, 0.25) is 0 Å². The number of amides is 1. The molecule has 5 heteroatoms. The highest BCUT2D eigenvalue weighted by atomic mass is 16.2. The minimum Gasteiger partial charge on any atom is -0.354 e. The Morgan fingerprint density at radius 3 is 2.61 bits per heavy atom. The Balaban J connectivity index is 2.17. The number of hydrogen-bond donors (Lipinski definition) is 1. The Morgan fingerprint density at radius 2 is 1.96 bits per heavy atom. The van der Waals surface area contributed by atoms with Gasteiger partial charge in [-0.15, -0.1) is 0 Å². The summed E-state index contributed by atoms with van der Waals surface area (Å²) in [5.41, 5.74) is 1.52. The topological polar surface area (TPSA) is 58.1 Å². The third-order valence-corrected chi connectivity index (χ3v) is 3.49. The Labute approximate surface area is 137 Å². The SMILES string of the molecule is CCCNc1nccc(C(=O)N(Cc2ccccc2)C(C)C)n1. The van der Waals surface area contributed by atoms with E-state index in [1.54, 1.807) is 12.3 Å². The predicted octanol–water partition coefficient (Wildman–Crippen LogP) is 3.35. The molecule has 0 saturated heterocycles. The normalized spacial score (nSPS) is 10.6. The molecule has 1 heterocycles. The zero-order valence-electron chi connectivity index (χ0n) is 14.0. The van der Waals surface area contributed by atoms with Crippen LogP contribution in [-0.2, 0) is 6.54 Å². The molecule has 1 N–H and O–H groups in total. The van der Waals surface area contributed by atoms with E-state index in [4.69, 9.17) is 0 Å². The molecule has 23 heavy (non-hydrogen) atoms. The molecule has 0 atom stereocenters. The Kier molecular flexibility index (Phi) is 6.09. The van der Waals surface area contributed by atoms with Gasteiger partial charge in [-0.2, -0.15) is 0 Å². The average Bonchev–Trinajstić information content (AvgIpc) is 2.58. The van der Waals surface area contributed by atoms with Crippen molar-refractivity contribution in [3.05, 3.63) is 53.9 Å². The van der Waals surface area contributed by atoms with E-state index in [-0.39, 0.29) is 11.9 Å². The summed E-state index contributed by atoms with van der Waals surface area (Å²) in [5, 5.41) is 3.11. The monoisotopic (exact) mass is 312 g/mol. The highest BCUT2D eigenvalue weighted by Gasteiger charge is 2.20. The van der Waals surface area contributed by atoms with Crippen LogP contribution < -0.4 is 5.32 Å². The van der Waals surface area contributed by atoms with Crippen molar-refractivity contribution in [3.63, 3.8) is 0 Å². The van der Waals surface area contributed by atoms with E-state index in [1.807, 2.05) is 49.1 Å². The standard InChI is InChI=1S/C18H24N4O/c1-4-11-19-18-20-12-10-16(21-18)17(23)22(14(2)3)13-15-8-6-5-7-9-15/h5-10,12,14H,4,11,13H2,1-3H3,(H,19,20,21).